The summed E-state index contributed by atoms with van der Waals surface area (Å²) in [6, 6.07) is 11.7. The molecule has 1 aromatic carbocycles. The summed E-state index contributed by atoms with van der Waals surface area (Å²) in [7, 11) is 0. The molecule has 2 N–H and O–H groups in total. The second-order valence-corrected chi connectivity index (χ2v) is 8.25. The number of aromatic nitrogens is 2. The number of hydrogen-bond donors (Lipinski definition) is 1. The third-order valence-corrected chi connectivity index (χ3v) is 6.35. The van der Waals surface area contributed by atoms with Crippen molar-refractivity contribution in [3.05, 3.63) is 42.6 Å². The van der Waals surface area contributed by atoms with Gasteiger partial charge in [-0.1, -0.05) is 11.3 Å². The van der Waals surface area contributed by atoms with Crippen molar-refractivity contribution in [3.63, 3.8) is 0 Å². The Morgan fingerprint density at radius 2 is 2.00 bits per heavy atom. The Morgan fingerprint density at radius 3 is 2.72 bits per heavy atom. The van der Waals surface area contributed by atoms with E-state index in [9.17, 15) is 4.79 Å². The van der Waals surface area contributed by atoms with Crippen molar-refractivity contribution >= 4 is 27.7 Å². The van der Waals surface area contributed by atoms with E-state index in [-0.39, 0.29) is 12.1 Å². The number of carbonyl (C=O) groups is 1. The molecule has 2 saturated heterocycles. The van der Waals surface area contributed by atoms with Gasteiger partial charge in [0.05, 0.1) is 4.70 Å². The van der Waals surface area contributed by atoms with Crippen LogP contribution in [-0.4, -0.2) is 64.1 Å². The van der Waals surface area contributed by atoms with Crippen LogP contribution in [0.1, 0.15) is 6.42 Å². The van der Waals surface area contributed by atoms with Crippen molar-refractivity contribution in [1.82, 2.24) is 19.8 Å². The number of benzene rings is 1. The average molecular weight is 411 g/mol. The first-order valence-electron chi connectivity index (χ1n) is 9.58. The fourth-order valence-electron chi connectivity index (χ4n) is 4.07. The number of primary amides is 1. The van der Waals surface area contributed by atoms with E-state index in [4.69, 9.17) is 15.2 Å². The van der Waals surface area contributed by atoms with E-state index in [2.05, 4.69) is 14.9 Å². The molecular weight excluding hydrogens is 390 g/mol. The van der Waals surface area contributed by atoms with Gasteiger partial charge in [0.2, 0.25) is 0 Å². The van der Waals surface area contributed by atoms with E-state index in [1.54, 1.807) is 11.1 Å². The summed E-state index contributed by atoms with van der Waals surface area (Å²) in [5.41, 5.74) is 6.11. The number of carbonyl (C=O) groups excluding carboxylic acids is 1. The number of ether oxygens (including phenoxy) is 2. The van der Waals surface area contributed by atoms with Gasteiger partial charge in [-0.3, -0.25) is 4.90 Å². The van der Waals surface area contributed by atoms with Gasteiger partial charge in [-0.05, 0) is 42.8 Å². The van der Waals surface area contributed by atoms with Crippen LogP contribution in [0.15, 0.2) is 42.6 Å². The summed E-state index contributed by atoms with van der Waals surface area (Å²) < 4.78 is 12.7. The molecule has 2 aliphatic heterocycles. The van der Waals surface area contributed by atoms with Crippen LogP contribution in [0.4, 0.5) is 4.79 Å². The summed E-state index contributed by atoms with van der Waals surface area (Å²) in [6.45, 7) is 3.04. The molecule has 0 aliphatic carbocycles. The second kappa shape index (κ2) is 7.49. The summed E-state index contributed by atoms with van der Waals surface area (Å²) >= 11 is 1.47. The molecule has 2 atom stereocenters. The van der Waals surface area contributed by atoms with E-state index >= 15 is 0 Å². The lowest BCUT2D eigenvalue weighted by molar-refractivity contribution is 0.127. The lowest BCUT2D eigenvalue weighted by Crippen LogP contribution is -2.51. The van der Waals surface area contributed by atoms with Gasteiger partial charge < -0.3 is 20.1 Å². The molecule has 0 spiro atoms. The first-order valence-corrected chi connectivity index (χ1v) is 10.4. The first-order chi connectivity index (χ1) is 14.2. The molecule has 0 radical (unpaired) electrons. The van der Waals surface area contributed by atoms with Gasteiger partial charge in [-0.25, -0.2) is 9.78 Å². The fourth-order valence-corrected chi connectivity index (χ4v) is 4.87. The van der Waals surface area contributed by atoms with Crippen molar-refractivity contribution in [2.24, 2.45) is 5.73 Å². The van der Waals surface area contributed by atoms with Gasteiger partial charge in [0, 0.05) is 37.9 Å². The van der Waals surface area contributed by atoms with E-state index in [0.29, 0.717) is 29.2 Å². The molecule has 2 aromatic heterocycles. The minimum absolute atomic E-state index is 0.256. The maximum atomic E-state index is 11.4. The molecule has 2 fully saturated rings. The van der Waals surface area contributed by atoms with Crippen LogP contribution in [-0.2, 0) is 0 Å². The number of pyridine rings is 1. The minimum Gasteiger partial charge on any atom is -0.492 e. The van der Waals surface area contributed by atoms with E-state index in [0.717, 1.165) is 36.5 Å². The SMILES string of the molecule is NC(=O)N1C[C@@H]2C[C@H]1CN2CCOc1ccc(Oc2nc3ncccc3s2)cc1. The monoisotopic (exact) mass is 411 g/mol. The minimum atomic E-state index is -0.308. The van der Waals surface area contributed by atoms with Crippen LogP contribution < -0.4 is 15.2 Å². The fraction of sp³-hybridized carbons (Fsp3) is 0.350. The van der Waals surface area contributed by atoms with Crippen molar-refractivity contribution in [3.8, 4) is 16.7 Å². The molecule has 5 rings (SSSR count). The molecule has 29 heavy (non-hydrogen) atoms. The van der Waals surface area contributed by atoms with Gasteiger partial charge in [0.25, 0.3) is 5.19 Å². The molecular formula is C20H21N5O3S. The lowest BCUT2D eigenvalue weighted by atomic mass is 10.2. The van der Waals surface area contributed by atoms with Crippen molar-refractivity contribution in [1.29, 1.82) is 0 Å². The maximum Gasteiger partial charge on any atom is 0.315 e. The van der Waals surface area contributed by atoms with Gasteiger partial charge in [-0.15, -0.1) is 0 Å². The van der Waals surface area contributed by atoms with Gasteiger partial charge >= 0.3 is 6.03 Å². The third-order valence-electron chi connectivity index (χ3n) is 5.46. The normalized spacial score (nSPS) is 21.0. The predicted octanol–water partition coefficient (Wildman–Crippen LogP) is 2.70. The van der Waals surface area contributed by atoms with E-state index in [1.165, 1.54) is 11.3 Å². The van der Waals surface area contributed by atoms with E-state index in [1.807, 2.05) is 36.4 Å². The molecule has 0 saturated carbocycles. The van der Waals surface area contributed by atoms with E-state index < -0.39 is 0 Å². The van der Waals surface area contributed by atoms with Crippen molar-refractivity contribution in [2.45, 2.75) is 18.5 Å². The molecule has 0 unspecified atom stereocenters. The number of amides is 2. The van der Waals surface area contributed by atoms with Crippen molar-refractivity contribution < 1.29 is 14.3 Å². The zero-order valence-corrected chi connectivity index (χ0v) is 16.5. The Labute approximate surface area is 171 Å². The van der Waals surface area contributed by atoms with Gasteiger partial charge in [0.1, 0.15) is 18.1 Å². The Kier molecular flexibility index (Phi) is 4.69. The molecule has 2 aliphatic rings. The number of piperazine rings is 1. The van der Waals surface area contributed by atoms with Crippen LogP contribution in [0, 0.1) is 0 Å². The number of urea groups is 1. The largest absolute Gasteiger partial charge is 0.492 e. The Morgan fingerprint density at radius 1 is 1.17 bits per heavy atom. The number of fused-ring (bicyclic) bond motifs is 3. The standard InChI is InChI=1S/C20H21N5O3S/c21-19(26)25-12-13-10-14(25)11-24(13)8-9-27-15-3-5-16(6-4-15)28-20-23-18-17(29-20)2-1-7-22-18/h1-7,13-14H,8-12H2,(H2,21,26)/t13-,14-/m0/s1. The smallest absolute Gasteiger partial charge is 0.315 e. The summed E-state index contributed by atoms with van der Waals surface area (Å²) in [4.78, 5) is 24.1. The number of likely N-dealkylation sites (tertiary alicyclic amines) is 2. The molecule has 4 heterocycles. The van der Waals surface area contributed by atoms with Crippen LogP contribution in [0.25, 0.3) is 10.3 Å². The number of rotatable bonds is 6. The van der Waals surface area contributed by atoms with Crippen LogP contribution in [0.5, 0.6) is 16.7 Å². The Balaban J connectivity index is 1.11. The predicted molar refractivity (Wildman–Crippen MR) is 109 cm³/mol. The summed E-state index contributed by atoms with van der Waals surface area (Å²) in [5.74, 6) is 1.51. The van der Waals surface area contributed by atoms with Crippen LogP contribution in [0.3, 0.4) is 0 Å². The zero-order chi connectivity index (χ0) is 19.8. The first kappa shape index (κ1) is 18.1. The highest BCUT2D eigenvalue weighted by atomic mass is 32.1. The maximum absolute atomic E-state index is 11.4. The van der Waals surface area contributed by atoms with Gasteiger partial charge in [0.15, 0.2) is 5.65 Å². The Bertz CT molecular complexity index is 991. The van der Waals surface area contributed by atoms with Crippen LogP contribution in [0.2, 0.25) is 0 Å². The molecule has 2 bridgehead atoms. The zero-order valence-electron chi connectivity index (χ0n) is 15.7. The number of nitrogens with two attached hydrogens (primary N) is 1. The molecule has 9 heteroatoms. The topological polar surface area (TPSA) is 93.8 Å². The molecule has 8 nitrogen and oxygen atoms in total. The summed E-state index contributed by atoms with van der Waals surface area (Å²) in [6.07, 6.45) is 2.73. The Hall–Kier alpha value is -2.91. The second-order valence-electron chi connectivity index (χ2n) is 7.26. The highest BCUT2D eigenvalue weighted by Crippen LogP contribution is 2.31. The number of thiazole rings is 1. The highest BCUT2D eigenvalue weighted by molar-refractivity contribution is 7.20. The third kappa shape index (κ3) is 3.70. The van der Waals surface area contributed by atoms with Gasteiger partial charge in [-0.2, -0.15) is 4.98 Å². The van der Waals surface area contributed by atoms with Crippen molar-refractivity contribution in [2.75, 3.05) is 26.2 Å². The summed E-state index contributed by atoms with van der Waals surface area (Å²) in [5, 5.41) is 0.571. The number of hydrogen-bond acceptors (Lipinski definition) is 7. The quantitative estimate of drug-likeness (QED) is 0.670. The molecule has 3 aromatic rings. The van der Waals surface area contributed by atoms with Crippen LogP contribution >= 0.6 is 11.3 Å². The molecule has 2 amide bonds. The average Bonchev–Trinajstić information content (AvgIpc) is 3.42. The highest BCUT2D eigenvalue weighted by Gasteiger charge is 2.44. The number of nitrogens with zero attached hydrogens (tertiary/aromatic N) is 4. The molecule has 150 valence electrons. The lowest BCUT2D eigenvalue weighted by Gasteiger charge is -2.33.